The van der Waals surface area contributed by atoms with Crippen molar-refractivity contribution in [3.05, 3.63) is 0 Å². The average molecular weight is 207 g/mol. The highest BCUT2D eigenvalue weighted by Crippen LogP contribution is 2.19. The first-order chi connectivity index (χ1) is 6.13. The van der Waals surface area contributed by atoms with Crippen molar-refractivity contribution in [3.63, 3.8) is 0 Å². The van der Waals surface area contributed by atoms with Gasteiger partial charge in [-0.2, -0.15) is 0 Å². The van der Waals surface area contributed by atoms with E-state index in [1.807, 2.05) is 6.92 Å². The van der Waals surface area contributed by atoms with Crippen molar-refractivity contribution < 1.29 is 18.8 Å². The molecule has 0 bridgehead atoms. The van der Waals surface area contributed by atoms with Crippen molar-refractivity contribution in [2.24, 2.45) is 0 Å². The van der Waals surface area contributed by atoms with Crippen LogP contribution in [0.25, 0.3) is 0 Å². The van der Waals surface area contributed by atoms with Gasteiger partial charge in [0.05, 0.1) is 12.2 Å². The molecule has 0 spiro atoms. The molecule has 1 amide bonds. The summed E-state index contributed by atoms with van der Waals surface area (Å²) in [4.78, 5) is 10.6. The molecular formula is C7H13NO4S. The summed E-state index contributed by atoms with van der Waals surface area (Å²) in [5.74, 6) is 0. The number of carbonyl (C=O) groups excluding carboxylic acids is 1. The van der Waals surface area contributed by atoms with Crippen molar-refractivity contribution in [1.29, 1.82) is 0 Å². The summed E-state index contributed by atoms with van der Waals surface area (Å²) in [5, 5.41) is 11.8. The molecule has 76 valence electrons. The second-order valence-corrected chi connectivity index (χ2v) is 3.23. The zero-order valence-electron chi connectivity index (χ0n) is 7.27. The third-order valence-corrected chi connectivity index (χ3v) is 2.11. The summed E-state index contributed by atoms with van der Waals surface area (Å²) in [6.45, 7) is 2.12. The second-order valence-electron chi connectivity index (χ2n) is 3.05. The molecule has 0 aliphatic carbocycles. The van der Waals surface area contributed by atoms with E-state index in [1.165, 1.54) is 0 Å². The van der Waals surface area contributed by atoms with E-state index in [0.29, 0.717) is 6.42 Å². The third-order valence-electron chi connectivity index (χ3n) is 1.94. The van der Waals surface area contributed by atoms with E-state index >= 15 is 0 Å². The minimum Gasteiger partial charge on any atom is -0.390 e. The minimum absolute atomic E-state index is 0.0359. The Kier molecular flexibility index (Phi) is 3.83. The van der Waals surface area contributed by atoms with Crippen LogP contribution in [0, 0.1) is 0 Å². The van der Waals surface area contributed by atoms with Gasteiger partial charge < -0.3 is 19.3 Å². The Morgan fingerprint density at radius 3 is 3.00 bits per heavy atom. The quantitative estimate of drug-likeness (QED) is 0.443. The van der Waals surface area contributed by atoms with E-state index in [9.17, 15) is 9.90 Å². The number of thiol groups is 1. The highest BCUT2D eigenvalue weighted by molar-refractivity contribution is 7.75. The molecule has 0 saturated carbocycles. The van der Waals surface area contributed by atoms with Crippen LogP contribution >= 0.6 is 12.9 Å². The SMILES string of the molecule is C[C@H]1CC(O)[C@@H](CNC(=O)OS)O1. The molecule has 1 fully saturated rings. The number of aliphatic hydroxyl groups is 1. The van der Waals surface area contributed by atoms with Gasteiger partial charge in [-0.3, -0.25) is 0 Å². The van der Waals surface area contributed by atoms with E-state index < -0.39 is 12.2 Å². The van der Waals surface area contributed by atoms with E-state index in [1.54, 1.807) is 0 Å². The molecule has 3 atom stereocenters. The minimum atomic E-state index is -0.640. The van der Waals surface area contributed by atoms with Crippen LogP contribution in [0.2, 0.25) is 0 Å². The molecule has 1 aliphatic rings. The molecule has 2 N–H and O–H groups in total. The van der Waals surface area contributed by atoms with Crippen molar-refractivity contribution >= 4 is 19.0 Å². The maximum Gasteiger partial charge on any atom is 0.419 e. The van der Waals surface area contributed by atoms with Crippen molar-refractivity contribution in [2.75, 3.05) is 6.54 Å². The molecule has 13 heavy (non-hydrogen) atoms. The Morgan fingerprint density at radius 2 is 2.54 bits per heavy atom. The van der Waals surface area contributed by atoms with Gasteiger partial charge in [0.15, 0.2) is 0 Å². The molecule has 6 heteroatoms. The third kappa shape index (κ3) is 3.06. The van der Waals surface area contributed by atoms with Gasteiger partial charge in [0.2, 0.25) is 0 Å². The first-order valence-electron chi connectivity index (χ1n) is 4.06. The molecule has 1 rings (SSSR count). The second kappa shape index (κ2) is 4.69. The maximum absolute atomic E-state index is 10.6. The lowest BCUT2D eigenvalue weighted by atomic mass is 10.1. The van der Waals surface area contributed by atoms with Crippen molar-refractivity contribution in [2.45, 2.75) is 31.7 Å². The monoisotopic (exact) mass is 207 g/mol. The van der Waals surface area contributed by atoms with Crippen LogP contribution in [0.3, 0.4) is 0 Å². The highest BCUT2D eigenvalue weighted by atomic mass is 32.1. The lowest BCUT2D eigenvalue weighted by Crippen LogP contribution is -2.36. The number of hydrogen-bond donors (Lipinski definition) is 3. The molecule has 1 aliphatic heterocycles. The number of carbonyl (C=O) groups is 1. The lowest BCUT2D eigenvalue weighted by Gasteiger charge is -2.13. The Morgan fingerprint density at radius 1 is 1.85 bits per heavy atom. The number of hydrogen-bond acceptors (Lipinski definition) is 5. The number of amides is 1. The largest absolute Gasteiger partial charge is 0.419 e. The van der Waals surface area contributed by atoms with Gasteiger partial charge in [-0.05, 0) is 6.92 Å². The number of aliphatic hydroxyl groups excluding tert-OH is 1. The van der Waals surface area contributed by atoms with Crippen LogP contribution in [0.15, 0.2) is 0 Å². The summed E-state index contributed by atoms with van der Waals surface area (Å²) in [6, 6.07) is 0. The van der Waals surface area contributed by atoms with Crippen LogP contribution in [0.1, 0.15) is 13.3 Å². The molecular weight excluding hydrogens is 194 g/mol. The Balaban J connectivity index is 2.25. The number of nitrogens with one attached hydrogen (secondary N) is 1. The van der Waals surface area contributed by atoms with Gasteiger partial charge in [-0.25, -0.2) is 4.79 Å². The Hall–Kier alpha value is -0.460. The summed E-state index contributed by atoms with van der Waals surface area (Å²) < 4.78 is 9.40. The van der Waals surface area contributed by atoms with Crippen LogP contribution in [0.4, 0.5) is 4.79 Å². The molecule has 0 aromatic carbocycles. The molecule has 5 nitrogen and oxygen atoms in total. The van der Waals surface area contributed by atoms with Gasteiger partial charge >= 0.3 is 6.09 Å². The van der Waals surface area contributed by atoms with Gasteiger partial charge in [0.25, 0.3) is 0 Å². The lowest BCUT2D eigenvalue weighted by molar-refractivity contribution is 0.0179. The van der Waals surface area contributed by atoms with E-state index in [-0.39, 0.29) is 18.8 Å². The van der Waals surface area contributed by atoms with Gasteiger partial charge in [0, 0.05) is 25.9 Å². The summed E-state index contributed by atoms with van der Waals surface area (Å²) in [6.07, 6.45) is -0.868. The predicted octanol–water partition coefficient (Wildman–Crippen LogP) is 0.0957. The Labute approximate surface area is 82.0 Å². The first kappa shape index (κ1) is 10.6. The van der Waals surface area contributed by atoms with Crippen molar-refractivity contribution in [3.8, 4) is 0 Å². The van der Waals surface area contributed by atoms with E-state index in [0.717, 1.165) is 0 Å². The van der Waals surface area contributed by atoms with Gasteiger partial charge in [-0.1, -0.05) is 0 Å². The average Bonchev–Trinajstić information content (AvgIpc) is 2.41. The van der Waals surface area contributed by atoms with Crippen LogP contribution in [0.5, 0.6) is 0 Å². The molecule has 0 aromatic heterocycles. The number of ether oxygens (including phenoxy) is 1. The van der Waals surface area contributed by atoms with E-state index in [2.05, 4.69) is 22.4 Å². The zero-order chi connectivity index (χ0) is 9.84. The smallest absolute Gasteiger partial charge is 0.390 e. The fourth-order valence-electron chi connectivity index (χ4n) is 1.34. The summed E-state index contributed by atoms with van der Waals surface area (Å²) >= 11 is 3.32. The molecule has 0 aromatic rings. The fourth-order valence-corrected chi connectivity index (χ4v) is 1.40. The molecule has 1 heterocycles. The Bertz CT molecular complexity index is 189. The number of rotatable bonds is 2. The first-order valence-corrected chi connectivity index (χ1v) is 4.42. The zero-order valence-corrected chi connectivity index (χ0v) is 8.16. The van der Waals surface area contributed by atoms with Gasteiger partial charge in [-0.15, -0.1) is 0 Å². The van der Waals surface area contributed by atoms with Gasteiger partial charge in [0.1, 0.15) is 6.10 Å². The summed E-state index contributed by atoms with van der Waals surface area (Å²) in [5.41, 5.74) is 0. The fraction of sp³-hybridized carbons (Fsp3) is 0.857. The molecule has 1 saturated heterocycles. The molecule has 1 unspecified atom stereocenters. The summed E-state index contributed by atoms with van der Waals surface area (Å²) in [7, 11) is 0. The van der Waals surface area contributed by atoms with Crippen molar-refractivity contribution in [1.82, 2.24) is 5.32 Å². The van der Waals surface area contributed by atoms with Crippen LogP contribution < -0.4 is 5.32 Å². The molecule has 0 radical (unpaired) electrons. The highest BCUT2D eigenvalue weighted by Gasteiger charge is 2.31. The normalized spacial score (nSPS) is 33.0. The standard InChI is InChI=1S/C7H13NO4S/c1-4-2-5(9)6(11-4)3-8-7(10)12-13/h4-6,9,13H,2-3H2,1H3,(H,8,10)/t4-,5?,6+/m0/s1. The van der Waals surface area contributed by atoms with Crippen LogP contribution in [-0.2, 0) is 8.92 Å². The van der Waals surface area contributed by atoms with E-state index in [4.69, 9.17) is 4.74 Å². The van der Waals surface area contributed by atoms with Crippen LogP contribution in [-0.4, -0.2) is 36.1 Å². The topological polar surface area (TPSA) is 67.8 Å². The maximum atomic E-state index is 10.6. The predicted molar refractivity (Wildman–Crippen MR) is 48.4 cm³/mol.